The molecular weight excluding hydrogens is 311 g/mol. The van der Waals surface area contributed by atoms with Gasteiger partial charge in [-0.05, 0) is 6.42 Å². The van der Waals surface area contributed by atoms with E-state index in [1.807, 2.05) is 6.92 Å². The van der Waals surface area contributed by atoms with E-state index in [1.165, 1.54) is 0 Å². The minimum Gasteiger partial charge on any atom is -0.346 e. The van der Waals surface area contributed by atoms with Crippen molar-refractivity contribution in [1.29, 1.82) is 0 Å². The van der Waals surface area contributed by atoms with Crippen molar-refractivity contribution in [3.63, 3.8) is 0 Å². The number of carbonyl (C=O) groups is 1. The largest absolute Gasteiger partial charge is 0.453 e. The minimum atomic E-state index is -5.84. The molecule has 0 spiro atoms. The molecule has 0 aromatic rings. The van der Waals surface area contributed by atoms with Gasteiger partial charge in [0.1, 0.15) is 0 Å². The molecule has 20 heavy (non-hydrogen) atoms. The first-order chi connectivity index (χ1) is 8.91. The Kier molecular flexibility index (Phi) is 6.85. The second-order valence-corrected chi connectivity index (χ2v) is 5.82. The quantitative estimate of drug-likeness (QED) is 0.391. The van der Waals surface area contributed by atoms with E-state index < -0.39 is 40.4 Å². The Morgan fingerprint density at radius 2 is 1.65 bits per heavy atom. The lowest BCUT2D eigenvalue weighted by molar-refractivity contribution is -0.282. The molecule has 0 bridgehead atoms. The third-order valence-corrected chi connectivity index (χ3v) is 3.43. The summed E-state index contributed by atoms with van der Waals surface area (Å²) in [6, 6.07) is 0. The number of hydrogen-bond acceptors (Lipinski definition) is 4. The molecule has 0 fully saturated rings. The van der Waals surface area contributed by atoms with E-state index >= 15 is 0 Å². The molecule has 0 unspecified atom stereocenters. The van der Waals surface area contributed by atoms with Crippen molar-refractivity contribution in [1.82, 2.24) is 0 Å². The van der Waals surface area contributed by atoms with Crippen molar-refractivity contribution >= 4 is 16.1 Å². The third-order valence-electron chi connectivity index (χ3n) is 2.29. The zero-order valence-electron chi connectivity index (χ0n) is 10.7. The predicted octanol–water partition coefficient (Wildman–Crippen LogP) is 3.03. The van der Waals surface area contributed by atoms with Crippen LogP contribution in [0.1, 0.15) is 39.0 Å². The molecule has 10 heteroatoms. The molecule has 0 rings (SSSR count). The van der Waals surface area contributed by atoms with Crippen molar-refractivity contribution in [3.8, 4) is 0 Å². The van der Waals surface area contributed by atoms with Crippen LogP contribution >= 0.6 is 0 Å². The smallest absolute Gasteiger partial charge is 0.346 e. The lowest BCUT2D eigenvalue weighted by Crippen LogP contribution is -2.38. The summed E-state index contributed by atoms with van der Waals surface area (Å²) in [4.78, 5) is 11.0. The van der Waals surface area contributed by atoms with Crippen molar-refractivity contribution in [2.75, 3.05) is 5.75 Å². The third kappa shape index (κ3) is 7.01. The van der Waals surface area contributed by atoms with Crippen molar-refractivity contribution in [2.45, 2.75) is 51.1 Å². The van der Waals surface area contributed by atoms with E-state index in [0.29, 0.717) is 12.8 Å². The fourth-order valence-corrected chi connectivity index (χ4v) is 2.10. The van der Waals surface area contributed by atoms with Crippen LogP contribution < -0.4 is 0 Å². The molecule has 0 radical (unpaired) electrons. The first-order valence-electron chi connectivity index (χ1n) is 5.81. The SMILES string of the molecule is CCCCCC(=O)OS(=O)(=O)CCC(F)(F)C(F)(F)F. The van der Waals surface area contributed by atoms with Crippen LogP contribution in [0.2, 0.25) is 0 Å². The second kappa shape index (κ2) is 7.19. The molecule has 0 aliphatic rings. The van der Waals surface area contributed by atoms with Gasteiger partial charge in [0, 0.05) is 12.8 Å². The average molecular weight is 326 g/mol. The van der Waals surface area contributed by atoms with Gasteiger partial charge >= 0.3 is 28.2 Å². The summed E-state index contributed by atoms with van der Waals surface area (Å²) < 4.78 is 86.6. The Hall–Kier alpha value is -0.930. The summed E-state index contributed by atoms with van der Waals surface area (Å²) in [6.45, 7) is 1.83. The Labute approximate surface area is 113 Å². The van der Waals surface area contributed by atoms with Gasteiger partial charge in [-0.1, -0.05) is 19.8 Å². The van der Waals surface area contributed by atoms with Gasteiger partial charge < -0.3 is 4.18 Å². The zero-order chi connectivity index (χ0) is 16.0. The molecule has 0 N–H and O–H groups in total. The number of unbranched alkanes of at least 4 members (excludes halogenated alkanes) is 2. The maximum Gasteiger partial charge on any atom is 0.453 e. The molecule has 120 valence electrons. The minimum absolute atomic E-state index is 0.233. The molecule has 0 aliphatic carbocycles. The Morgan fingerprint density at radius 3 is 2.10 bits per heavy atom. The maximum atomic E-state index is 12.5. The summed E-state index contributed by atoms with van der Waals surface area (Å²) in [5, 5.41) is 0. The van der Waals surface area contributed by atoms with Crippen LogP contribution in [0.3, 0.4) is 0 Å². The second-order valence-electron chi connectivity index (χ2n) is 4.13. The lowest BCUT2D eigenvalue weighted by atomic mass is 10.2. The van der Waals surface area contributed by atoms with E-state index in [1.54, 1.807) is 0 Å². The van der Waals surface area contributed by atoms with Crippen molar-refractivity contribution < 1.29 is 39.3 Å². The van der Waals surface area contributed by atoms with Gasteiger partial charge in [0.05, 0.1) is 5.75 Å². The zero-order valence-corrected chi connectivity index (χ0v) is 11.5. The Morgan fingerprint density at radius 1 is 1.10 bits per heavy atom. The van der Waals surface area contributed by atoms with Crippen LogP contribution in [0.15, 0.2) is 0 Å². The van der Waals surface area contributed by atoms with Gasteiger partial charge in [0.2, 0.25) is 0 Å². The van der Waals surface area contributed by atoms with Crippen molar-refractivity contribution in [3.05, 3.63) is 0 Å². The number of halogens is 5. The Bertz CT molecular complexity index is 416. The van der Waals surface area contributed by atoms with Crippen molar-refractivity contribution in [2.24, 2.45) is 0 Å². The van der Waals surface area contributed by atoms with E-state index in [4.69, 9.17) is 0 Å². The molecule has 0 atom stereocenters. The first-order valence-corrected chi connectivity index (χ1v) is 7.38. The molecular formula is C10H15F5O4S. The Balaban J connectivity index is 4.37. The molecule has 0 aromatic carbocycles. The van der Waals surface area contributed by atoms with Gasteiger partial charge in [-0.15, -0.1) is 0 Å². The predicted molar refractivity (Wildman–Crippen MR) is 59.6 cm³/mol. The summed E-state index contributed by atoms with van der Waals surface area (Å²) in [5.41, 5.74) is 0. The molecule has 0 heterocycles. The number of hydrogen-bond donors (Lipinski definition) is 0. The standard InChI is InChI=1S/C10H15F5O4S/c1-2-3-4-5-8(16)19-20(17,18)7-6-9(11,12)10(13,14)15/h2-7H2,1H3. The molecule has 0 saturated carbocycles. The monoisotopic (exact) mass is 326 g/mol. The average Bonchev–Trinajstić information content (AvgIpc) is 2.25. The summed E-state index contributed by atoms with van der Waals surface area (Å²) in [7, 11) is -4.74. The number of alkyl halides is 5. The lowest BCUT2D eigenvalue weighted by Gasteiger charge is -2.18. The molecule has 0 amide bonds. The van der Waals surface area contributed by atoms with E-state index in [0.717, 1.165) is 6.42 Å². The molecule has 4 nitrogen and oxygen atoms in total. The van der Waals surface area contributed by atoms with Gasteiger partial charge in [0.15, 0.2) is 0 Å². The van der Waals surface area contributed by atoms with Crippen LogP contribution in [0.5, 0.6) is 0 Å². The van der Waals surface area contributed by atoms with Gasteiger partial charge in [-0.25, -0.2) is 0 Å². The summed E-state index contributed by atoms with van der Waals surface area (Å²) >= 11 is 0. The van der Waals surface area contributed by atoms with E-state index in [-0.39, 0.29) is 6.42 Å². The highest BCUT2D eigenvalue weighted by Crippen LogP contribution is 2.38. The molecule has 0 aromatic heterocycles. The van der Waals surface area contributed by atoms with Crippen LogP contribution in [-0.4, -0.2) is 32.2 Å². The molecule has 0 aliphatic heterocycles. The van der Waals surface area contributed by atoms with Gasteiger partial charge in [-0.2, -0.15) is 30.4 Å². The van der Waals surface area contributed by atoms with Crippen LogP contribution in [0.25, 0.3) is 0 Å². The van der Waals surface area contributed by atoms with E-state index in [2.05, 4.69) is 4.18 Å². The fraction of sp³-hybridized carbons (Fsp3) is 0.900. The van der Waals surface area contributed by atoms with Gasteiger partial charge in [-0.3, -0.25) is 4.79 Å². The normalized spacial score (nSPS) is 13.3. The number of rotatable bonds is 8. The van der Waals surface area contributed by atoms with Gasteiger partial charge in [0.25, 0.3) is 0 Å². The highest BCUT2D eigenvalue weighted by atomic mass is 32.2. The van der Waals surface area contributed by atoms with Crippen LogP contribution in [-0.2, 0) is 19.1 Å². The maximum absolute atomic E-state index is 12.5. The number of carbonyl (C=O) groups excluding carboxylic acids is 1. The van der Waals surface area contributed by atoms with E-state index in [9.17, 15) is 35.2 Å². The topological polar surface area (TPSA) is 60.4 Å². The van der Waals surface area contributed by atoms with Crippen LogP contribution in [0.4, 0.5) is 22.0 Å². The summed E-state index contributed by atoms with van der Waals surface area (Å²) in [5.74, 6) is -7.89. The highest BCUT2D eigenvalue weighted by Gasteiger charge is 2.57. The molecule has 0 saturated heterocycles. The first kappa shape index (κ1) is 19.1. The van der Waals surface area contributed by atoms with Crippen LogP contribution in [0, 0.1) is 0 Å². The fourth-order valence-electron chi connectivity index (χ4n) is 1.14. The highest BCUT2D eigenvalue weighted by molar-refractivity contribution is 7.87. The summed E-state index contributed by atoms with van der Waals surface area (Å²) in [6.07, 6.45) is -6.31.